The fourth-order valence-corrected chi connectivity index (χ4v) is 2.09. The molecule has 1 aromatic heterocycles. The maximum absolute atomic E-state index is 11.8. The molecule has 0 amide bonds. The summed E-state index contributed by atoms with van der Waals surface area (Å²) in [5.41, 5.74) is 0.484. The number of para-hydroxylation sites is 1. The highest BCUT2D eigenvalue weighted by Crippen LogP contribution is 2.24. The van der Waals surface area contributed by atoms with Crippen molar-refractivity contribution < 1.29 is 5.21 Å². The molecule has 2 N–H and O–H groups in total. The summed E-state index contributed by atoms with van der Waals surface area (Å²) in [6.07, 6.45) is 0. The minimum absolute atomic E-state index is 0.0805. The van der Waals surface area contributed by atoms with Gasteiger partial charge in [-0.1, -0.05) is 47.2 Å². The summed E-state index contributed by atoms with van der Waals surface area (Å²) >= 11 is 0. The third-order valence-electron chi connectivity index (χ3n) is 3.00. The number of hydrogen-bond donors (Lipinski definition) is 2. The van der Waals surface area contributed by atoms with Crippen LogP contribution >= 0.6 is 0 Å². The summed E-state index contributed by atoms with van der Waals surface area (Å²) in [6, 6.07) is 14.5. The third kappa shape index (κ3) is 1.72. The van der Waals surface area contributed by atoms with Crippen LogP contribution < -0.4 is 11.2 Å². The molecule has 1 heterocycles. The molecule has 0 bridgehead atoms. The van der Waals surface area contributed by atoms with Crippen LogP contribution in [0.25, 0.3) is 22.0 Å². The van der Waals surface area contributed by atoms with Gasteiger partial charge in [0.25, 0.3) is 5.56 Å². The van der Waals surface area contributed by atoms with Gasteiger partial charge in [0.05, 0.1) is 10.9 Å². The van der Waals surface area contributed by atoms with Crippen LogP contribution in [-0.4, -0.2) is 14.9 Å². The van der Waals surface area contributed by atoms with Gasteiger partial charge in [-0.15, -0.1) is 0 Å². The first-order valence-corrected chi connectivity index (χ1v) is 5.71. The normalized spacial score (nSPS) is 10.7. The van der Waals surface area contributed by atoms with Crippen molar-refractivity contribution in [2.24, 2.45) is 0 Å². The Labute approximate surface area is 107 Å². The first kappa shape index (κ1) is 11.3. The van der Waals surface area contributed by atoms with E-state index in [4.69, 9.17) is 0 Å². The zero-order valence-corrected chi connectivity index (χ0v) is 9.83. The average Bonchev–Trinajstić information content (AvgIpc) is 2.45. The first-order valence-electron chi connectivity index (χ1n) is 5.71. The smallest absolute Gasteiger partial charge is 0.362 e. The van der Waals surface area contributed by atoms with E-state index in [2.05, 4.69) is 4.98 Å². The van der Waals surface area contributed by atoms with Crippen molar-refractivity contribution in [3.8, 4) is 11.1 Å². The van der Waals surface area contributed by atoms with Crippen LogP contribution in [0.15, 0.2) is 58.1 Å². The van der Waals surface area contributed by atoms with E-state index in [0.29, 0.717) is 5.52 Å². The van der Waals surface area contributed by atoms with Crippen molar-refractivity contribution in [2.75, 3.05) is 0 Å². The van der Waals surface area contributed by atoms with Gasteiger partial charge in [0.2, 0.25) is 0 Å². The van der Waals surface area contributed by atoms with Crippen molar-refractivity contribution in [3.05, 3.63) is 69.4 Å². The van der Waals surface area contributed by atoms with Crippen molar-refractivity contribution in [2.45, 2.75) is 0 Å². The molecule has 0 saturated heterocycles. The first-order chi connectivity index (χ1) is 9.18. The SMILES string of the molecule is O=c1[nH]c2c(-c3ccccc3)cccc2c(=O)n1O. The van der Waals surface area contributed by atoms with E-state index in [9.17, 15) is 14.8 Å². The standard InChI is InChI=1S/C14H10N2O3/c17-13-11-8-4-7-10(9-5-2-1-3-6-9)12(11)15-14(18)16(13)19/h1-8,19H,(H,15,18). The lowest BCUT2D eigenvalue weighted by Crippen LogP contribution is -2.33. The van der Waals surface area contributed by atoms with Crippen LogP contribution in [0.4, 0.5) is 0 Å². The van der Waals surface area contributed by atoms with E-state index < -0.39 is 11.2 Å². The van der Waals surface area contributed by atoms with Crippen LogP contribution in [-0.2, 0) is 0 Å². The van der Waals surface area contributed by atoms with E-state index in [1.54, 1.807) is 12.1 Å². The largest absolute Gasteiger partial charge is 0.421 e. The molecular weight excluding hydrogens is 244 g/mol. The van der Waals surface area contributed by atoms with Crippen molar-refractivity contribution in [1.29, 1.82) is 0 Å². The fraction of sp³-hybridized carbons (Fsp3) is 0. The van der Waals surface area contributed by atoms with Gasteiger partial charge in [0, 0.05) is 5.56 Å². The van der Waals surface area contributed by atoms with Gasteiger partial charge in [0.15, 0.2) is 0 Å². The van der Waals surface area contributed by atoms with E-state index in [0.717, 1.165) is 11.1 Å². The molecule has 5 nitrogen and oxygen atoms in total. The van der Waals surface area contributed by atoms with Gasteiger partial charge >= 0.3 is 5.69 Å². The second-order valence-electron chi connectivity index (χ2n) is 4.14. The second-order valence-corrected chi connectivity index (χ2v) is 4.14. The molecule has 3 aromatic rings. The number of benzene rings is 2. The Kier molecular flexibility index (Phi) is 2.45. The number of nitrogens with zero attached hydrogens (tertiary/aromatic N) is 1. The summed E-state index contributed by atoms with van der Waals surface area (Å²) in [5, 5.41) is 9.59. The predicted octanol–water partition coefficient (Wildman–Crippen LogP) is 1.59. The maximum Gasteiger partial charge on any atom is 0.362 e. The summed E-state index contributed by atoms with van der Waals surface area (Å²) < 4.78 is 0.0805. The lowest BCUT2D eigenvalue weighted by Gasteiger charge is -2.06. The minimum atomic E-state index is -0.846. The number of aromatic amines is 1. The van der Waals surface area contributed by atoms with E-state index in [1.807, 2.05) is 36.4 Å². The van der Waals surface area contributed by atoms with Crippen molar-refractivity contribution in [1.82, 2.24) is 9.71 Å². The Morgan fingerprint density at radius 2 is 1.68 bits per heavy atom. The van der Waals surface area contributed by atoms with Gasteiger partial charge in [0.1, 0.15) is 0 Å². The number of nitrogens with one attached hydrogen (secondary N) is 1. The number of fused-ring (bicyclic) bond motifs is 1. The van der Waals surface area contributed by atoms with Crippen LogP contribution in [0.1, 0.15) is 0 Å². The second kappa shape index (κ2) is 4.13. The van der Waals surface area contributed by atoms with E-state index in [-0.39, 0.29) is 10.1 Å². The third-order valence-corrected chi connectivity index (χ3v) is 3.00. The predicted molar refractivity (Wildman–Crippen MR) is 71.4 cm³/mol. The summed E-state index contributed by atoms with van der Waals surface area (Å²) in [7, 11) is 0. The molecule has 0 unspecified atom stereocenters. The molecule has 0 aliphatic carbocycles. The molecule has 0 radical (unpaired) electrons. The average molecular weight is 254 g/mol. The Balaban J connectivity index is 2.46. The van der Waals surface area contributed by atoms with Crippen LogP contribution in [0.2, 0.25) is 0 Å². The van der Waals surface area contributed by atoms with Gasteiger partial charge in [-0.05, 0) is 11.6 Å². The number of aromatic nitrogens is 2. The van der Waals surface area contributed by atoms with Gasteiger partial charge in [-0.2, -0.15) is 0 Å². The molecule has 0 spiro atoms. The Hall–Kier alpha value is -2.82. The van der Waals surface area contributed by atoms with E-state index in [1.165, 1.54) is 0 Å². The Morgan fingerprint density at radius 3 is 2.42 bits per heavy atom. The van der Waals surface area contributed by atoms with Crippen molar-refractivity contribution >= 4 is 10.9 Å². The fourth-order valence-electron chi connectivity index (χ4n) is 2.09. The number of rotatable bonds is 1. The molecule has 3 rings (SSSR count). The highest BCUT2D eigenvalue weighted by atomic mass is 16.5. The quantitative estimate of drug-likeness (QED) is 0.647. The van der Waals surface area contributed by atoms with Gasteiger partial charge in [-0.25, -0.2) is 4.79 Å². The van der Waals surface area contributed by atoms with Crippen molar-refractivity contribution in [3.63, 3.8) is 0 Å². The summed E-state index contributed by atoms with van der Waals surface area (Å²) in [4.78, 5) is 25.8. The highest BCUT2D eigenvalue weighted by molar-refractivity contribution is 5.92. The summed E-state index contributed by atoms with van der Waals surface area (Å²) in [6.45, 7) is 0. The Morgan fingerprint density at radius 1 is 0.947 bits per heavy atom. The molecule has 19 heavy (non-hydrogen) atoms. The molecule has 0 saturated carbocycles. The summed E-state index contributed by atoms with van der Waals surface area (Å²) in [5.74, 6) is 0. The van der Waals surface area contributed by atoms with Gasteiger partial charge in [-0.3, -0.25) is 4.79 Å². The number of hydrogen-bond acceptors (Lipinski definition) is 3. The molecular formula is C14H10N2O3. The number of H-pyrrole nitrogens is 1. The molecule has 94 valence electrons. The minimum Gasteiger partial charge on any atom is -0.421 e. The van der Waals surface area contributed by atoms with Crippen LogP contribution in [0.3, 0.4) is 0 Å². The van der Waals surface area contributed by atoms with Gasteiger partial charge < -0.3 is 10.2 Å². The molecule has 2 aromatic carbocycles. The molecule has 0 aliphatic heterocycles. The van der Waals surface area contributed by atoms with Crippen LogP contribution in [0.5, 0.6) is 0 Å². The molecule has 5 heteroatoms. The highest BCUT2D eigenvalue weighted by Gasteiger charge is 2.10. The lowest BCUT2D eigenvalue weighted by molar-refractivity contribution is 0.162. The van der Waals surface area contributed by atoms with Crippen LogP contribution in [0, 0.1) is 0 Å². The monoisotopic (exact) mass is 254 g/mol. The van der Waals surface area contributed by atoms with E-state index >= 15 is 0 Å². The topological polar surface area (TPSA) is 75.1 Å². The molecule has 0 atom stereocenters. The molecule has 0 aliphatic rings. The lowest BCUT2D eigenvalue weighted by atomic mass is 10.0. The zero-order valence-electron chi connectivity index (χ0n) is 9.83. The maximum atomic E-state index is 11.8. The zero-order chi connectivity index (χ0) is 13.4. The molecule has 0 fully saturated rings. The Bertz CT molecular complexity index is 863.